The molecule has 1 aliphatic rings. The van der Waals surface area contributed by atoms with Crippen LogP contribution in [-0.2, 0) is 14.9 Å². The fourth-order valence-electron chi connectivity index (χ4n) is 3.36. The van der Waals surface area contributed by atoms with Gasteiger partial charge < -0.3 is 4.74 Å². The quantitative estimate of drug-likeness (QED) is 0.739. The second-order valence-corrected chi connectivity index (χ2v) is 7.07. The van der Waals surface area contributed by atoms with E-state index < -0.39 is 5.41 Å². The summed E-state index contributed by atoms with van der Waals surface area (Å²) in [7, 11) is 0. The number of benzene rings is 1. The molecule has 1 fully saturated rings. The normalized spacial score (nSPS) is 16.5. The predicted octanol–water partition coefficient (Wildman–Crippen LogP) is 3.72. The van der Waals surface area contributed by atoms with Crippen LogP contribution >= 0.6 is 23.2 Å². The number of hydrogen-bond acceptors (Lipinski definition) is 4. The minimum absolute atomic E-state index is 0.178. The molecule has 26 heavy (non-hydrogen) atoms. The van der Waals surface area contributed by atoms with E-state index in [-0.39, 0.29) is 5.91 Å². The molecule has 0 radical (unpaired) electrons. The number of nitrogens with one attached hydrogen (secondary N) is 1. The van der Waals surface area contributed by atoms with Gasteiger partial charge in [0, 0.05) is 29.5 Å². The van der Waals surface area contributed by atoms with Crippen molar-refractivity contribution in [3.63, 3.8) is 0 Å². The van der Waals surface area contributed by atoms with Gasteiger partial charge >= 0.3 is 0 Å². The summed E-state index contributed by atoms with van der Waals surface area (Å²) >= 11 is 12.5. The number of carbonyl (C=O) groups excluding carboxylic acids is 1. The monoisotopic (exact) mass is 390 g/mol. The molecule has 8 heteroatoms. The second kappa shape index (κ2) is 6.87. The van der Waals surface area contributed by atoms with E-state index in [1.807, 2.05) is 24.3 Å². The molecule has 0 atom stereocenters. The van der Waals surface area contributed by atoms with Crippen LogP contribution in [0, 0.1) is 0 Å². The Hall–Kier alpha value is -2.15. The molecule has 1 aromatic carbocycles. The van der Waals surface area contributed by atoms with Gasteiger partial charge in [-0.3, -0.25) is 14.5 Å². The first-order valence-electron chi connectivity index (χ1n) is 8.25. The number of carbonyl (C=O) groups is 1. The summed E-state index contributed by atoms with van der Waals surface area (Å²) in [5, 5.41) is 12.1. The Morgan fingerprint density at radius 2 is 1.96 bits per heavy atom. The highest BCUT2D eigenvalue weighted by Crippen LogP contribution is 2.40. The molecule has 0 saturated carbocycles. The first-order chi connectivity index (χ1) is 12.6. The van der Waals surface area contributed by atoms with E-state index in [0.29, 0.717) is 47.7 Å². The van der Waals surface area contributed by atoms with E-state index in [1.165, 1.54) is 0 Å². The van der Waals surface area contributed by atoms with E-state index in [1.54, 1.807) is 22.7 Å². The second-order valence-electron chi connectivity index (χ2n) is 6.23. The molecule has 1 saturated heterocycles. The van der Waals surface area contributed by atoms with E-state index in [9.17, 15) is 4.79 Å². The van der Waals surface area contributed by atoms with Crippen LogP contribution in [0.25, 0.3) is 5.65 Å². The molecule has 0 unspecified atom stereocenters. The third-order valence-electron chi connectivity index (χ3n) is 4.77. The van der Waals surface area contributed by atoms with Crippen molar-refractivity contribution in [1.82, 2.24) is 14.6 Å². The van der Waals surface area contributed by atoms with Crippen LogP contribution in [0.2, 0.25) is 10.0 Å². The third kappa shape index (κ3) is 2.94. The van der Waals surface area contributed by atoms with Gasteiger partial charge in [-0.1, -0.05) is 35.3 Å². The molecule has 1 N–H and O–H groups in total. The van der Waals surface area contributed by atoms with E-state index >= 15 is 0 Å². The van der Waals surface area contributed by atoms with Crippen molar-refractivity contribution in [1.29, 1.82) is 0 Å². The molecular weight excluding hydrogens is 375 g/mol. The van der Waals surface area contributed by atoms with Gasteiger partial charge in [0.05, 0.1) is 5.41 Å². The molecule has 1 aliphatic heterocycles. The lowest BCUT2D eigenvalue weighted by atomic mass is 9.73. The highest BCUT2D eigenvalue weighted by Gasteiger charge is 2.43. The lowest BCUT2D eigenvalue weighted by molar-refractivity contribution is -0.125. The molecule has 2 aromatic heterocycles. The van der Waals surface area contributed by atoms with E-state index in [4.69, 9.17) is 27.9 Å². The molecule has 4 rings (SSSR count). The number of halogens is 2. The summed E-state index contributed by atoms with van der Waals surface area (Å²) in [5.74, 6) is 0.199. The van der Waals surface area contributed by atoms with Crippen molar-refractivity contribution in [3.8, 4) is 0 Å². The minimum atomic E-state index is -0.805. The highest BCUT2D eigenvalue weighted by molar-refractivity contribution is 6.35. The first-order valence-corrected chi connectivity index (χ1v) is 9.00. The molecule has 134 valence electrons. The maximum Gasteiger partial charge on any atom is 0.237 e. The Morgan fingerprint density at radius 1 is 1.15 bits per heavy atom. The van der Waals surface area contributed by atoms with Crippen molar-refractivity contribution in [3.05, 3.63) is 58.2 Å². The molecule has 0 bridgehead atoms. The number of fused-ring (bicyclic) bond motifs is 1. The van der Waals surface area contributed by atoms with Gasteiger partial charge in [-0.25, -0.2) is 0 Å². The number of ether oxygens (including phenoxy) is 1. The highest BCUT2D eigenvalue weighted by atomic mass is 35.5. The Bertz CT molecular complexity index is 967. The Labute approximate surface area is 160 Å². The Balaban J connectivity index is 1.73. The fraction of sp³-hybridized carbons (Fsp3) is 0.278. The molecule has 6 nitrogen and oxygen atoms in total. The van der Waals surface area contributed by atoms with Gasteiger partial charge in [0.1, 0.15) is 0 Å². The van der Waals surface area contributed by atoms with Gasteiger partial charge in [-0.05, 0) is 42.7 Å². The van der Waals surface area contributed by atoms with Crippen LogP contribution in [-0.4, -0.2) is 33.7 Å². The maximum atomic E-state index is 13.3. The topological polar surface area (TPSA) is 68.5 Å². The van der Waals surface area contributed by atoms with Crippen molar-refractivity contribution >= 4 is 40.7 Å². The third-order valence-corrected chi connectivity index (χ3v) is 5.31. The summed E-state index contributed by atoms with van der Waals surface area (Å²) in [6.45, 7) is 0.958. The summed E-state index contributed by atoms with van der Waals surface area (Å²) in [5.41, 5.74) is 0.604. The van der Waals surface area contributed by atoms with Crippen molar-refractivity contribution in [2.75, 3.05) is 18.5 Å². The summed E-state index contributed by atoms with van der Waals surface area (Å²) < 4.78 is 7.21. The van der Waals surface area contributed by atoms with Crippen LogP contribution < -0.4 is 5.32 Å². The van der Waals surface area contributed by atoms with E-state index in [2.05, 4.69) is 15.5 Å². The molecule has 0 aliphatic carbocycles. The minimum Gasteiger partial charge on any atom is -0.381 e. The summed E-state index contributed by atoms with van der Waals surface area (Å²) in [6.07, 6.45) is 2.85. The van der Waals surface area contributed by atoms with Gasteiger partial charge in [-0.2, -0.15) is 0 Å². The van der Waals surface area contributed by atoms with E-state index in [0.717, 1.165) is 5.56 Å². The van der Waals surface area contributed by atoms with Gasteiger partial charge in [0.2, 0.25) is 11.9 Å². The fourth-order valence-corrected chi connectivity index (χ4v) is 3.95. The standard InChI is InChI=1S/C18H16Cl2N4O2/c19-12-4-5-13(14(20)11-12)18(6-9-26-10-7-18)16(25)21-17-23-22-15-3-1-2-8-24(15)17/h1-5,8,11H,6-7,9-10H2,(H,21,23,25). The number of amides is 1. The lowest BCUT2D eigenvalue weighted by Gasteiger charge is -2.36. The molecule has 3 aromatic rings. The van der Waals surface area contributed by atoms with Crippen LogP contribution in [0.5, 0.6) is 0 Å². The van der Waals surface area contributed by atoms with Crippen LogP contribution in [0.3, 0.4) is 0 Å². The van der Waals surface area contributed by atoms with Gasteiger partial charge in [0.15, 0.2) is 5.65 Å². The Morgan fingerprint density at radius 3 is 2.73 bits per heavy atom. The summed E-state index contributed by atoms with van der Waals surface area (Å²) in [4.78, 5) is 13.3. The van der Waals surface area contributed by atoms with Crippen LogP contribution in [0.15, 0.2) is 42.6 Å². The number of anilines is 1. The maximum absolute atomic E-state index is 13.3. The first kappa shape index (κ1) is 17.3. The zero-order valence-electron chi connectivity index (χ0n) is 13.8. The van der Waals surface area contributed by atoms with Crippen LogP contribution in [0.1, 0.15) is 18.4 Å². The predicted molar refractivity (Wildman–Crippen MR) is 99.8 cm³/mol. The smallest absolute Gasteiger partial charge is 0.237 e. The number of hydrogen-bond donors (Lipinski definition) is 1. The lowest BCUT2D eigenvalue weighted by Crippen LogP contribution is -2.45. The van der Waals surface area contributed by atoms with Crippen molar-refractivity contribution in [2.24, 2.45) is 0 Å². The van der Waals surface area contributed by atoms with Gasteiger partial charge in [-0.15, -0.1) is 10.2 Å². The SMILES string of the molecule is O=C(Nc1nnc2ccccn12)C1(c2ccc(Cl)cc2Cl)CCOCC1. The van der Waals surface area contributed by atoms with Crippen LogP contribution in [0.4, 0.5) is 5.95 Å². The number of rotatable bonds is 3. The number of nitrogens with zero attached hydrogens (tertiary/aromatic N) is 3. The molecular formula is C18H16Cl2N4O2. The summed E-state index contributed by atoms with van der Waals surface area (Å²) in [6, 6.07) is 10.8. The average Bonchev–Trinajstić information content (AvgIpc) is 3.05. The zero-order chi connectivity index (χ0) is 18.1. The Kier molecular flexibility index (Phi) is 4.56. The number of pyridine rings is 1. The molecule has 0 spiro atoms. The largest absolute Gasteiger partial charge is 0.381 e. The number of aromatic nitrogens is 3. The molecule has 3 heterocycles. The van der Waals surface area contributed by atoms with Crippen molar-refractivity contribution in [2.45, 2.75) is 18.3 Å². The van der Waals surface area contributed by atoms with Crippen molar-refractivity contribution < 1.29 is 9.53 Å². The molecule has 1 amide bonds. The van der Waals surface area contributed by atoms with Gasteiger partial charge in [0.25, 0.3) is 0 Å². The average molecular weight is 391 g/mol. The zero-order valence-corrected chi connectivity index (χ0v) is 15.3.